The van der Waals surface area contributed by atoms with Gasteiger partial charge < -0.3 is 9.47 Å². The summed E-state index contributed by atoms with van der Waals surface area (Å²) in [6.07, 6.45) is 4.87. The van der Waals surface area contributed by atoms with Crippen LogP contribution in [-0.2, 0) is 18.3 Å². The van der Waals surface area contributed by atoms with Gasteiger partial charge in [-0.25, -0.2) is 0 Å². The summed E-state index contributed by atoms with van der Waals surface area (Å²) in [5, 5.41) is 1.20. The van der Waals surface area contributed by atoms with Gasteiger partial charge in [0, 0.05) is 56.4 Å². The Hall–Kier alpha value is -2.85. The molecule has 0 N–H and O–H groups in total. The molecule has 0 atom stereocenters. The van der Waals surface area contributed by atoms with Crippen LogP contribution in [0.3, 0.4) is 0 Å². The third kappa shape index (κ3) is 4.28. The van der Waals surface area contributed by atoms with E-state index in [1.54, 1.807) is 0 Å². The number of hydrogen-bond donors (Lipinski definition) is 0. The number of rotatable bonds is 5. The number of carbonyl (C=O) groups is 1. The van der Waals surface area contributed by atoms with Crippen molar-refractivity contribution in [1.82, 2.24) is 14.4 Å². The number of fused-ring (bicyclic) bond motifs is 1. The van der Waals surface area contributed by atoms with E-state index in [1.165, 1.54) is 27.7 Å². The molecule has 4 nitrogen and oxygen atoms in total. The monoisotopic (exact) mass is 387 g/mol. The number of nitrogens with zero attached hydrogens (tertiary/aromatic N) is 3. The van der Waals surface area contributed by atoms with E-state index < -0.39 is 0 Å². The first-order chi connectivity index (χ1) is 14.1. The zero-order valence-electron chi connectivity index (χ0n) is 17.3. The molecule has 1 aliphatic rings. The highest BCUT2D eigenvalue weighted by atomic mass is 16.2. The van der Waals surface area contributed by atoms with E-state index in [-0.39, 0.29) is 5.91 Å². The van der Waals surface area contributed by atoms with E-state index in [9.17, 15) is 4.79 Å². The van der Waals surface area contributed by atoms with Crippen LogP contribution in [0.15, 0.2) is 60.7 Å². The van der Waals surface area contributed by atoms with Crippen molar-refractivity contribution < 1.29 is 4.79 Å². The first kappa shape index (κ1) is 19.5. The lowest BCUT2D eigenvalue weighted by atomic mass is 10.1. The molecule has 0 aliphatic carbocycles. The van der Waals surface area contributed by atoms with E-state index >= 15 is 0 Å². The molecule has 1 fully saturated rings. The quantitative estimate of drug-likeness (QED) is 0.665. The minimum Gasteiger partial charge on any atom is -0.348 e. The number of para-hydroxylation sites is 1. The molecule has 1 amide bonds. The van der Waals surface area contributed by atoms with Crippen molar-refractivity contribution in [2.24, 2.45) is 7.05 Å². The van der Waals surface area contributed by atoms with Crippen LogP contribution in [-0.4, -0.2) is 53.0 Å². The first-order valence-corrected chi connectivity index (χ1v) is 10.4. The highest BCUT2D eigenvalue weighted by Gasteiger charge is 2.22. The van der Waals surface area contributed by atoms with E-state index in [1.807, 2.05) is 11.0 Å². The predicted molar refractivity (Wildman–Crippen MR) is 120 cm³/mol. The lowest BCUT2D eigenvalue weighted by molar-refractivity contribution is -0.132. The maximum atomic E-state index is 13.0. The van der Waals surface area contributed by atoms with Gasteiger partial charge in [-0.2, -0.15) is 0 Å². The molecule has 0 saturated carbocycles. The van der Waals surface area contributed by atoms with Gasteiger partial charge in [-0.1, -0.05) is 60.7 Å². The molecule has 29 heavy (non-hydrogen) atoms. The maximum Gasteiger partial charge on any atom is 0.227 e. The van der Waals surface area contributed by atoms with Crippen molar-refractivity contribution in [1.29, 1.82) is 0 Å². The van der Waals surface area contributed by atoms with Crippen LogP contribution >= 0.6 is 0 Å². The summed E-state index contributed by atoms with van der Waals surface area (Å²) in [4.78, 5) is 17.4. The lowest BCUT2D eigenvalue weighted by Gasteiger charge is -2.34. The summed E-state index contributed by atoms with van der Waals surface area (Å²) in [5.41, 5.74) is 4.78. The van der Waals surface area contributed by atoms with Gasteiger partial charge >= 0.3 is 0 Å². The average molecular weight is 388 g/mol. The van der Waals surface area contributed by atoms with Crippen LogP contribution in [0.5, 0.6) is 0 Å². The van der Waals surface area contributed by atoms with Crippen molar-refractivity contribution in [3.63, 3.8) is 0 Å². The van der Waals surface area contributed by atoms with Crippen LogP contribution in [0, 0.1) is 6.92 Å². The van der Waals surface area contributed by atoms with Gasteiger partial charge in [0.05, 0.1) is 6.42 Å². The SMILES string of the molecule is Cc1c(CC(=O)N2CCN(C/C=C/c3ccccc3)CC2)c2ccccc2n1C. The van der Waals surface area contributed by atoms with Gasteiger partial charge in [-0.3, -0.25) is 9.69 Å². The second-order valence-electron chi connectivity index (χ2n) is 7.81. The first-order valence-electron chi connectivity index (χ1n) is 10.4. The molecule has 1 aromatic heterocycles. The van der Waals surface area contributed by atoms with Gasteiger partial charge in [0.15, 0.2) is 0 Å². The van der Waals surface area contributed by atoms with Gasteiger partial charge in [0.1, 0.15) is 0 Å². The standard InChI is InChI=1S/C25H29N3O/c1-20-23(22-12-6-7-13-24(22)26(20)2)19-25(29)28-17-15-27(16-18-28)14-8-11-21-9-4-3-5-10-21/h3-13H,14-19H2,1-2H3/b11-8+. The van der Waals surface area contributed by atoms with Crippen LogP contribution in [0.25, 0.3) is 17.0 Å². The number of hydrogen-bond acceptors (Lipinski definition) is 2. The summed E-state index contributed by atoms with van der Waals surface area (Å²) < 4.78 is 2.19. The zero-order chi connectivity index (χ0) is 20.2. The third-order valence-corrected chi connectivity index (χ3v) is 6.06. The second kappa shape index (κ2) is 8.66. The Balaban J connectivity index is 1.33. The van der Waals surface area contributed by atoms with Gasteiger partial charge in [-0.05, 0) is 24.1 Å². The fourth-order valence-corrected chi connectivity index (χ4v) is 4.17. The summed E-state index contributed by atoms with van der Waals surface area (Å²) in [5.74, 6) is 0.240. The van der Waals surface area contributed by atoms with Crippen LogP contribution in [0.4, 0.5) is 0 Å². The molecule has 4 heteroatoms. The molecule has 0 bridgehead atoms. The normalized spacial score (nSPS) is 15.4. The topological polar surface area (TPSA) is 28.5 Å². The summed E-state index contributed by atoms with van der Waals surface area (Å²) in [7, 11) is 2.08. The molecule has 0 unspecified atom stereocenters. The molecule has 3 aromatic rings. The molecule has 1 aliphatic heterocycles. The van der Waals surface area contributed by atoms with Crippen LogP contribution in [0.1, 0.15) is 16.8 Å². The van der Waals surface area contributed by atoms with Crippen LogP contribution < -0.4 is 0 Å². The Morgan fingerprint density at radius 3 is 2.41 bits per heavy atom. The highest BCUT2D eigenvalue weighted by Crippen LogP contribution is 2.25. The maximum absolute atomic E-state index is 13.0. The number of carbonyl (C=O) groups excluding carboxylic acids is 1. The Morgan fingerprint density at radius 1 is 0.966 bits per heavy atom. The molecular weight excluding hydrogens is 358 g/mol. The van der Waals surface area contributed by atoms with Gasteiger partial charge in [0.25, 0.3) is 0 Å². The average Bonchev–Trinajstić information content (AvgIpc) is 3.00. The molecule has 2 heterocycles. The molecule has 1 saturated heterocycles. The van der Waals surface area contributed by atoms with Crippen molar-refractivity contribution >= 4 is 22.9 Å². The largest absolute Gasteiger partial charge is 0.348 e. The van der Waals surface area contributed by atoms with E-state index in [0.717, 1.165) is 32.7 Å². The number of benzene rings is 2. The minimum absolute atomic E-state index is 0.240. The van der Waals surface area contributed by atoms with E-state index in [0.29, 0.717) is 6.42 Å². The van der Waals surface area contributed by atoms with Crippen molar-refractivity contribution in [3.05, 3.63) is 77.5 Å². The van der Waals surface area contributed by atoms with Crippen molar-refractivity contribution in [2.45, 2.75) is 13.3 Å². The molecule has 2 aromatic carbocycles. The smallest absolute Gasteiger partial charge is 0.227 e. The minimum atomic E-state index is 0.240. The second-order valence-corrected chi connectivity index (χ2v) is 7.81. The summed E-state index contributed by atoms with van der Waals surface area (Å²) in [6, 6.07) is 18.7. The fourth-order valence-electron chi connectivity index (χ4n) is 4.17. The fraction of sp³-hybridized carbons (Fsp3) is 0.320. The number of amides is 1. The molecule has 4 rings (SSSR count). The van der Waals surface area contributed by atoms with Crippen molar-refractivity contribution in [3.8, 4) is 0 Å². The molecule has 0 spiro atoms. The number of piperazine rings is 1. The van der Waals surface area contributed by atoms with Crippen molar-refractivity contribution in [2.75, 3.05) is 32.7 Å². The third-order valence-electron chi connectivity index (χ3n) is 6.06. The Bertz CT molecular complexity index is 1010. The lowest BCUT2D eigenvalue weighted by Crippen LogP contribution is -2.49. The van der Waals surface area contributed by atoms with E-state index in [4.69, 9.17) is 0 Å². The highest BCUT2D eigenvalue weighted by molar-refractivity contribution is 5.90. The van der Waals surface area contributed by atoms with Crippen LogP contribution in [0.2, 0.25) is 0 Å². The Morgan fingerprint density at radius 2 is 1.66 bits per heavy atom. The number of aryl methyl sites for hydroxylation is 1. The predicted octanol–water partition coefficient (Wildman–Crippen LogP) is 3.89. The summed E-state index contributed by atoms with van der Waals surface area (Å²) >= 11 is 0. The molecule has 0 radical (unpaired) electrons. The zero-order valence-corrected chi connectivity index (χ0v) is 17.3. The van der Waals surface area contributed by atoms with E-state index in [2.05, 4.69) is 84.1 Å². The van der Waals surface area contributed by atoms with Gasteiger partial charge in [0.2, 0.25) is 5.91 Å². The molecule has 150 valence electrons. The number of aromatic nitrogens is 1. The molecular formula is C25H29N3O. The van der Waals surface area contributed by atoms with Gasteiger partial charge in [-0.15, -0.1) is 0 Å². The Kier molecular flexibility index (Phi) is 5.81. The Labute approximate surface area is 173 Å². The summed E-state index contributed by atoms with van der Waals surface area (Å²) in [6.45, 7) is 6.52.